The quantitative estimate of drug-likeness (QED) is 0.506. The van der Waals surface area contributed by atoms with E-state index in [4.69, 9.17) is 9.47 Å². The molecule has 4 fully saturated rings. The maximum absolute atomic E-state index is 13.5. The molecular weight excluding hydrogens is 428 g/mol. The molecule has 1 aromatic rings. The highest BCUT2D eigenvalue weighted by atomic mass is 16.5. The van der Waals surface area contributed by atoms with Crippen molar-refractivity contribution in [3.8, 4) is 0 Å². The van der Waals surface area contributed by atoms with Gasteiger partial charge in [0.1, 0.15) is 0 Å². The summed E-state index contributed by atoms with van der Waals surface area (Å²) >= 11 is 0. The molecule has 7 atom stereocenters. The van der Waals surface area contributed by atoms with Crippen LogP contribution in [-0.4, -0.2) is 41.9 Å². The van der Waals surface area contributed by atoms with Gasteiger partial charge in [-0.25, -0.2) is 4.79 Å². The van der Waals surface area contributed by atoms with Crippen LogP contribution in [0.3, 0.4) is 0 Å². The zero-order valence-electron chi connectivity index (χ0n) is 21.3. The molecule has 4 aliphatic carbocycles. The molecule has 34 heavy (non-hydrogen) atoms. The zero-order valence-corrected chi connectivity index (χ0v) is 21.3. The average molecular weight is 471 g/mol. The number of carbonyl (C=O) groups is 2. The molecule has 0 N–H and O–H groups in total. The monoisotopic (exact) mass is 470 g/mol. The first kappa shape index (κ1) is 24.0. The van der Waals surface area contributed by atoms with Crippen LogP contribution < -0.4 is 0 Å². The van der Waals surface area contributed by atoms with E-state index in [1.807, 2.05) is 7.11 Å². The van der Waals surface area contributed by atoms with E-state index in [9.17, 15) is 9.59 Å². The maximum Gasteiger partial charge on any atom is 0.358 e. The average Bonchev–Trinajstić information content (AvgIpc) is 3.43. The predicted octanol–water partition coefficient (Wildman–Crippen LogP) is 5.30. The molecule has 4 aliphatic rings. The van der Waals surface area contributed by atoms with Crippen LogP contribution in [0, 0.1) is 40.4 Å². The van der Waals surface area contributed by atoms with Gasteiger partial charge in [0.15, 0.2) is 11.5 Å². The number of methoxy groups -OCH3 is 1. The first-order chi connectivity index (χ1) is 16.4. The molecule has 4 saturated carbocycles. The third-order valence-electron chi connectivity index (χ3n) is 10.5. The minimum Gasteiger partial charge on any atom is -0.461 e. The summed E-state index contributed by atoms with van der Waals surface area (Å²) in [5, 5.41) is 4.31. The molecular formula is C28H42N2O4. The summed E-state index contributed by atoms with van der Waals surface area (Å²) in [6, 6.07) is 1.65. The van der Waals surface area contributed by atoms with Gasteiger partial charge in [-0.05, 0) is 98.9 Å². The standard InChI is InChI=1S/C28H42N2O4/c1-4-34-26(32)24-13-16-30(29-24)17-25(31)23-11-10-21-20-9-8-19-7-5-6-14-28(19,18-33-3)22(20)12-15-27(21,23)2/h13,16,19-23H,4-12,14-15,17-18H2,1-3H3. The van der Waals surface area contributed by atoms with Crippen LogP contribution in [0.4, 0.5) is 0 Å². The summed E-state index contributed by atoms with van der Waals surface area (Å²) in [5.74, 6) is 2.92. The number of hydrogen-bond acceptors (Lipinski definition) is 5. The Morgan fingerprint density at radius 3 is 2.74 bits per heavy atom. The number of esters is 1. The van der Waals surface area contributed by atoms with E-state index in [0.29, 0.717) is 17.9 Å². The van der Waals surface area contributed by atoms with Gasteiger partial charge in [-0.2, -0.15) is 5.10 Å². The largest absolute Gasteiger partial charge is 0.461 e. The first-order valence-electron chi connectivity index (χ1n) is 13.6. The smallest absolute Gasteiger partial charge is 0.358 e. The van der Waals surface area contributed by atoms with Crippen molar-refractivity contribution in [3.63, 3.8) is 0 Å². The van der Waals surface area contributed by atoms with E-state index in [2.05, 4.69) is 12.0 Å². The highest BCUT2D eigenvalue weighted by molar-refractivity contribution is 5.87. The van der Waals surface area contributed by atoms with Gasteiger partial charge in [0.2, 0.25) is 0 Å². The second-order valence-electron chi connectivity index (χ2n) is 11.8. The van der Waals surface area contributed by atoms with Crippen LogP contribution in [0.2, 0.25) is 0 Å². The lowest BCUT2D eigenvalue weighted by Crippen LogP contribution is -2.56. The summed E-state index contributed by atoms with van der Waals surface area (Å²) in [4.78, 5) is 25.5. The van der Waals surface area contributed by atoms with Crippen LogP contribution in [-0.2, 0) is 20.8 Å². The molecule has 6 nitrogen and oxygen atoms in total. The highest BCUT2D eigenvalue weighted by Gasteiger charge is 2.61. The van der Waals surface area contributed by atoms with Crippen molar-refractivity contribution in [2.75, 3.05) is 20.3 Å². The van der Waals surface area contributed by atoms with Gasteiger partial charge in [0, 0.05) is 19.2 Å². The fraction of sp³-hybridized carbons (Fsp3) is 0.821. The molecule has 0 saturated heterocycles. The molecule has 5 rings (SSSR count). The minimum absolute atomic E-state index is 0.0884. The highest BCUT2D eigenvalue weighted by Crippen LogP contribution is 2.67. The van der Waals surface area contributed by atoms with E-state index >= 15 is 0 Å². The topological polar surface area (TPSA) is 70.4 Å². The fourth-order valence-corrected chi connectivity index (χ4v) is 9.18. The summed E-state index contributed by atoms with van der Waals surface area (Å²) in [5.41, 5.74) is 0.738. The molecule has 0 radical (unpaired) electrons. The van der Waals surface area contributed by atoms with Crippen LogP contribution in [0.15, 0.2) is 12.3 Å². The Morgan fingerprint density at radius 2 is 1.94 bits per heavy atom. The Hall–Kier alpha value is -1.69. The third-order valence-corrected chi connectivity index (χ3v) is 10.5. The second-order valence-corrected chi connectivity index (χ2v) is 11.8. The maximum atomic E-state index is 13.5. The molecule has 1 aromatic heterocycles. The van der Waals surface area contributed by atoms with Crippen molar-refractivity contribution in [2.24, 2.45) is 40.4 Å². The number of hydrogen-bond donors (Lipinski definition) is 0. The molecule has 1 heterocycles. The van der Waals surface area contributed by atoms with Crippen molar-refractivity contribution in [2.45, 2.75) is 84.6 Å². The lowest BCUT2D eigenvalue weighted by molar-refractivity contribution is -0.150. The number of carbonyl (C=O) groups excluding carboxylic acids is 2. The van der Waals surface area contributed by atoms with Crippen molar-refractivity contribution in [1.82, 2.24) is 9.78 Å². The number of nitrogens with zero attached hydrogens (tertiary/aromatic N) is 2. The predicted molar refractivity (Wildman–Crippen MR) is 129 cm³/mol. The molecule has 0 bridgehead atoms. The zero-order chi connectivity index (χ0) is 23.9. The molecule has 7 unspecified atom stereocenters. The molecule has 0 amide bonds. The van der Waals surface area contributed by atoms with E-state index in [-0.39, 0.29) is 29.4 Å². The number of ether oxygens (including phenoxy) is 2. The van der Waals surface area contributed by atoms with E-state index in [1.54, 1.807) is 23.9 Å². The van der Waals surface area contributed by atoms with Crippen LogP contribution in [0.1, 0.15) is 88.5 Å². The molecule has 0 spiro atoms. The van der Waals surface area contributed by atoms with Gasteiger partial charge >= 0.3 is 5.97 Å². The van der Waals surface area contributed by atoms with Crippen molar-refractivity contribution in [1.29, 1.82) is 0 Å². The van der Waals surface area contributed by atoms with Crippen molar-refractivity contribution >= 4 is 11.8 Å². The molecule has 0 aliphatic heterocycles. The summed E-state index contributed by atoms with van der Waals surface area (Å²) < 4.78 is 12.6. The Morgan fingerprint density at radius 1 is 1.09 bits per heavy atom. The van der Waals surface area contributed by atoms with Gasteiger partial charge in [-0.1, -0.05) is 19.8 Å². The molecule has 6 heteroatoms. The normalized spacial score (nSPS) is 39.1. The van der Waals surface area contributed by atoms with E-state index in [1.165, 1.54) is 51.4 Å². The summed E-state index contributed by atoms with van der Waals surface area (Å²) in [6.07, 6.45) is 14.4. The summed E-state index contributed by atoms with van der Waals surface area (Å²) in [7, 11) is 1.89. The van der Waals surface area contributed by atoms with Gasteiger partial charge in [-0.15, -0.1) is 0 Å². The van der Waals surface area contributed by atoms with Gasteiger partial charge in [0.05, 0.1) is 19.8 Å². The number of fused-ring (bicyclic) bond motifs is 5. The molecule has 0 aromatic carbocycles. The van der Waals surface area contributed by atoms with Gasteiger partial charge in [0.25, 0.3) is 0 Å². The van der Waals surface area contributed by atoms with Crippen molar-refractivity contribution < 1.29 is 19.1 Å². The SMILES string of the molecule is CCOC(=O)c1ccn(CC(=O)C2CCC3C4CCC5CCCCC5(COC)C4CCC23C)n1. The number of ketones is 1. The van der Waals surface area contributed by atoms with Crippen molar-refractivity contribution in [3.05, 3.63) is 18.0 Å². The Kier molecular flexibility index (Phi) is 6.64. The van der Waals surface area contributed by atoms with Gasteiger partial charge in [-0.3, -0.25) is 9.48 Å². The lowest BCUT2D eigenvalue weighted by Gasteiger charge is -2.61. The van der Waals surface area contributed by atoms with E-state index in [0.717, 1.165) is 37.2 Å². The lowest BCUT2D eigenvalue weighted by atomic mass is 9.44. The van der Waals surface area contributed by atoms with Crippen LogP contribution in [0.5, 0.6) is 0 Å². The molecule has 188 valence electrons. The van der Waals surface area contributed by atoms with Crippen LogP contribution >= 0.6 is 0 Å². The Balaban J connectivity index is 1.31. The van der Waals surface area contributed by atoms with Gasteiger partial charge < -0.3 is 9.47 Å². The fourth-order valence-electron chi connectivity index (χ4n) is 9.18. The Labute approximate surface area is 204 Å². The van der Waals surface area contributed by atoms with E-state index < -0.39 is 5.97 Å². The first-order valence-corrected chi connectivity index (χ1v) is 13.6. The summed E-state index contributed by atoms with van der Waals surface area (Å²) in [6.45, 7) is 5.68. The van der Waals surface area contributed by atoms with Crippen LogP contribution in [0.25, 0.3) is 0 Å². The number of Topliss-reactive ketones (excluding diaryl/α,β-unsaturated/α-hetero) is 1. The third kappa shape index (κ3) is 3.84. The number of rotatable bonds is 7. The Bertz CT molecular complexity index is 908. The number of aromatic nitrogens is 2. The second kappa shape index (κ2) is 9.40. The minimum atomic E-state index is -0.428.